The van der Waals surface area contributed by atoms with E-state index >= 15 is 0 Å². The minimum atomic E-state index is 0.441. The lowest BCUT2D eigenvalue weighted by molar-refractivity contribution is 0.217. The van der Waals surface area contributed by atoms with Crippen LogP contribution in [-0.4, -0.2) is 24.6 Å². The van der Waals surface area contributed by atoms with Crippen LogP contribution in [0.3, 0.4) is 0 Å². The first-order valence-electron chi connectivity index (χ1n) is 7.66. The number of para-hydroxylation sites is 1. The van der Waals surface area contributed by atoms with Gasteiger partial charge in [0.25, 0.3) is 0 Å². The van der Waals surface area contributed by atoms with Crippen LogP contribution in [0.15, 0.2) is 64.1 Å². The third-order valence-corrected chi connectivity index (χ3v) is 4.11. The molecular weight excluding hydrogens is 336 g/mol. The van der Waals surface area contributed by atoms with Crippen molar-refractivity contribution in [3.05, 3.63) is 60.2 Å². The molecule has 0 radical (unpaired) electrons. The number of aromatic nitrogens is 1. The fraction of sp³-hybridized carbons (Fsp3) is 0.158. The Hall–Kier alpha value is -2.91. The molecule has 3 aromatic rings. The molecule has 1 aromatic heterocycles. The summed E-state index contributed by atoms with van der Waals surface area (Å²) in [7, 11) is 0. The molecule has 0 atom stereocenters. The van der Waals surface area contributed by atoms with Crippen molar-refractivity contribution in [1.82, 2.24) is 5.16 Å². The van der Waals surface area contributed by atoms with Crippen molar-refractivity contribution < 1.29 is 14.0 Å². The second kappa shape index (κ2) is 8.27. The van der Waals surface area contributed by atoms with Gasteiger partial charge in [0.15, 0.2) is 10.8 Å². The summed E-state index contributed by atoms with van der Waals surface area (Å²) < 4.78 is 16.5. The molecule has 25 heavy (non-hydrogen) atoms. The molecule has 0 N–H and O–H groups in total. The Labute approximate surface area is 150 Å². The van der Waals surface area contributed by atoms with Crippen molar-refractivity contribution >= 4 is 11.8 Å². The average molecular weight is 352 g/mol. The van der Waals surface area contributed by atoms with Gasteiger partial charge in [-0.25, -0.2) is 0 Å². The van der Waals surface area contributed by atoms with Crippen LogP contribution in [0.2, 0.25) is 0 Å². The Morgan fingerprint density at radius 3 is 2.24 bits per heavy atom. The van der Waals surface area contributed by atoms with Gasteiger partial charge in [-0.2, -0.15) is 5.26 Å². The SMILES string of the molecule is CSc1noc(-c2ccc(OCCOc3ccccc3)cc2)c1C#N. The lowest BCUT2D eigenvalue weighted by atomic mass is 10.1. The maximum atomic E-state index is 9.27. The van der Waals surface area contributed by atoms with Gasteiger partial charge < -0.3 is 14.0 Å². The summed E-state index contributed by atoms with van der Waals surface area (Å²) >= 11 is 1.38. The number of hydrogen-bond donors (Lipinski definition) is 0. The summed E-state index contributed by atoms with van der Waals surface area (Å²) in [6, 6.07) is 19.1. The first-order valence-corrected chi connectivity index (χ1v) is 8.89. The van der Waals surface area contributed by atoms with E-state index in [4.69, 9.17) is 14.0 Å². The highest BCUT2D eigenvalue weighted by Gasteiger charge is 2.16. The van der Waals surface area contributed by atoms with Crippen molar-refractivity contribution in [1.29, 1.82) is 5.26 Å². The molecule has 126 valence electrons. The highest BCUT2D eigenvalue weighted by Crippen LogP contribution is 2.31. The fourth-order valence-electron chi connectivity index (χ4n) is 2.25. The average Bonchev–Trinajstić information content (AvgIpc) is 3.09. The second-order valence-corrected chi connectivity index (χ2v) is 5.84. The summed E-state index contributed by atoms with van der Waals surface area (Å²) in [5.41, 5.74) is 1.25. The van der Waals surface area contributed by atoms with Crippen LogP contribution in [0, 0.1) is 11.3 Å². The highest BCUT2D eigenvalue weighted by molar-refractivity contribution is 7.98. The van der Waals surface area contributed by atoms with Gasteiger partial charge in [0.1, 0.15) is 36.3 Å². The standard InChI is InChI=1S/C19H16N2O3S/c1-25-19-17(13-20)18(24-21-19)14-7-9-16(10-8-14)23-12-11-22-15-5-3-2-4-6-15/h2-10H,11-12H2,1H3. The van der Waals surface area contributed by atoms with E-state index in [-0.39, 0.29) is 0 Å². The summed E-state index contributed by atoms with van der Waals surface area (Å²) in [6.07, 6.45) is 1.86. The summed E-state index contributed by atoms with van der Waals surface area (Å²) in [5.74, 6) is 2.02. The van der Waals surface area contributed by atoms with E-state index in [0.29, 0.717) is 29.6 Å². The number of thioether (sulfide) groups is 1. The molecule has 0 aliphatic rings. The monoisotopic (exact) mass is 352 g/mol. The Bertz CT molecular complexity index is 855. The van der Waals surface area contributed by atoms with Crippen molar-refractivity contribution in [3.63, 3.8) is 0 Å². The number of nitriles is 1. The zero-order chi connectivity index (χ0) is 17.5. The van der Waals surface area contributed by atoms with E-state index in [0.717, 1.165) is 17.1 Å². The van der Waals surface area contributed by atoms with Crippen molar-refractivity contribution in [2.75, 3.05) is 19.5 Å². The predicted molar refractivity (Wildman–Crippen MR) is 95.9 cm³/mol. The lowest BCUT2D eigenvalue weighted by Gasteiger charge is -2.08. The van der Waals surface area contributed by atoms with Gasteiger partial charge >= 0.3 is 0 Å². The lowest BCUT2D eigenvalue weighted by Crippen LogP contribution is -2.08. The first-order chi connectivity index (χ1) is 12.3. The normalized spacial score (nSPS) is 10.2. The van der Waals surface area contributed by atoms with Crippen LogP contribution in [0.25, 0.3) is 11.3 Å². The molecule has 0 amide bonds. The van der Waals surface area contributed by atoms with E-state index in [1.54, 1.807) is 0 Å². The Balaban J connectivity index is 1.57. The number of rotatable bonds is 7. The summed E-state index contributed by atoms with van der Waals surface area (Å²) in [4.78, 5) is 0. The smallest absolute Gasteiger partial charge is 0.185 e. The molecule has 2 aromatic carbocycles. The summed E-state index contributed by atoms with van der Waals surface area (Å²) in [6.45, 7) is 0.903. The van der Waals surface area contributed by atoms with E-state index < -0.39 is 0 Å². The third-order valence-electron chi connectivity index (χ3n) is 3.45. The molecule has 1 heterocycles. The molecule has 5 nitrogen and oxygen atoms in total. The minimum Gasteiger partial charge on any atom is -0.490 e. The molecule has 0 fully saturated rings. The van der Waals surface area contributed by atoms with E-state index in [9.17, 15) is 5.26 Å². The van der Waals surface area contributed by atoms with E-state index in [1.165, 1.54) is 11.8 Å². The largest absolute Gasteiger partial charge is 0.490 e. The van der Waals surface area contributed by atoms with Gasteiger partial charge in [-0.1, -0.05) is 23.4 Å². The van der Waals surface area contributed by atoms with E-state index in [1.807, 2.05) is 60.9 Å². The van der Waals surface area contributed by atoms with E-state index in [2.05, 4.69) is 11.2 Å². The Morgan fingerprint density at radius 2 is 1.64 bits per heavy atom. The molecule has 6 heteroatoms. The minimum absolute atomic E-state index is 0.441. The van der Waals surface area contributed by atoms with Crippen LogP contribution in [0.1, 0.15) is 5.56 Å². The van der Waals surface area contributed by atoms with Crippen LogP contribution in [-0.2, 0) is 0 Å². The van der Waals surface area contributed by atoms with Crippen LogP contribution >= 0.6 is 11.8 Å². The molecule has 0 bridgehead atoms. The van der Waals surface area contributed by atoms with Gasteiger partial charge in [0.05, 0.1) is 0 Å². The van der Waals surface area contributed by atoms with Crippen molar-refractivity contribution in [2.24, 2.45) is 0 Å². The van der Waals surface area contributed by atoms with Gasteiger partial charge in [0, 0.05) is 5.56 Å². The molecular formula is C19H16N2O3S. The second-order valence-electron chi connectivity index (χ2n) is 5.04. The highest BCUT2D eigenvalue weighted by atomic mass is 32.2. The van der Waals surface area contributed by atoms with Gasteiger partial charge in [-0.05, 0) is 42.7 Å². The first kappa shape index (κ1) is 16.9. The van der Waals surface area contributed by atoms with Crippen LogP contribution in [0.4, 0.5) is 0 Å². The van der Waals surface area contributed by atoms with Crippen molar-refractivity contribution in [3.8, 4) is 28.9 Å². The zero-order valence-electron chi connectivity index (χ0n) is 13.6. The topological polar surface area (TPSA) is 68.3 Å². The molecule has 0 saturated carbocycles. The summed E-state index contributed by atoms with van der Waals surface area (Å²) in [5, 5.41) is 13.8. The Kier molecular flexibility index (Phi) is 5.60. The number of hydrogen-bond acceptors (Lipinski definition) is 6. The molecule has 0 aliphatic carbocycles. The van der Waals surface area contributed by atoms with Crippen molar-refractivity contribution in [2.45, 2.75) is 5.03 Å². The van der Waals surface area contributed by atoms with Crippen LogP contribution in [0.5, 0.6) is 11.5 Å². The number of benzene rings is 2. The Morgan fingerprint density at radius 1 is 1.00 bits per heavy atom. The fourth-order valence-corrected chi connectivity index (χ4v) is 2.70. The molecule has 0 aliphatic heterocycles. The van der Waals surface area contributed by atoms with Gasteiger partial charge in [0.2, 0.25) is 0 Å². The molecule has 0 spiro atoms. The molecule has 3 rings (SSSR count). The quantitative estimate of drug-likeness (QED) is 0.464. The predicted octanol–water partition coefficient (Wildman–Crippen LogP) is 4.39. The third kappa shape index (κ3) is 4.14. The van der Waals surface area contributed by atoms with Gasteiger partial charge in [-0.3, -0.25) is 0 Å². The number of ether oxygens (including phenoxy) is 2. The zero-order valence-corrected chi connectivity index (χ0v) is 14.5. The molecule has 0 unspecified atom stereocenters. The maximum absolute atomic E-state index is 9.27. The maximum Gasteiger partial charge on any atom is 0.185 e. The number of nitrogens with zero attached hydrogens (tertiary/aromatic N) is 2. The van der Waals surface area contributed by atoms with Gasteiger partial charge in [-0.15, -0.1) is 11.8 Å². The molecule has 0 saturated heterocycles. The van der Waals surface area contributed by atoms with Crippen LogP contribution < -0.4 is 9.47 Å².